The highest BCUT2D eigenvalue weighted by atomic mass is 32.2. The highest BCUT2D eigenvalue weighted by molar-refractivity contribution is 7.98. The summed E-state index contributed by atoms with van der Waals surface area (Å²) >= 11 is 1.75. The van der Waals surface area contributed by atoms with Crippen LogP contribution in [0, 0.1) is 25.2 Å². The van der Waals surface area contributed by atoms with Gasteiger partial charge in [-0.15, -0.1) is 11.8 Å². The molecule has 2 aromatic rings. The number of hydrogen-bond donors (Lipinski definition) is 0. The average Bonchev–Trinajstić information content (AvgIpc) is 2.39. The molecule has 0 radical (unpaired) electrons. The maximum absolute atomic E-state index is 8.76. The number of thioether (sulfide) groups is 1. The first kappa shape index (κ1) is 13.5. The van der Waals surface area contributed by atoms with E-state index in [-0.39, 0.29) is 0 Å². The molecule has 0 aliphatic rings. The Labute approximate surface area is 118 Å². The lowest BCUT2D eigenvalue weighted by molar-refractivity contribution is 0.481. The van der Waals surface area contributed by atoms with E-state index in [1.54, 1.807) is 23.9 Å². The summed E-state index contributed by atoms with van der Waals surface area (Å²) in [6, 6.07) is 13.3. The van der Waals surface area contributed by atoms with E-state index in [2.05, 4.69) is 26.2 Å². The van der Waals surface area contributed by atoms with E-state index in [4.69, 9.17) is 10.00 Å². The maximum atomic E-state index is 8.76. The first-order chi connectivity index (χ1) is 9.13. The van der Waals surface area contributed by atoms with Gasteiger partial charge in [0.15, 0.2) is 0 Å². The number of rotatable bonds is 3. The second-order valence-corrected chi connectivity index (χ2v) is 5.15. The normalized spacial score (nSPS) is 10.0. The molecule has 0 aliphatic carbocycles. The highest BCUT2D eigenvalue weighted by Crippen LogP contribution is 2.31. The van der Waals surface area contributed by atoms with Crippen molar-refractivity contribution in [2.24, 2.45) is 0 Å². The summed E-state index contributed by atoms with van der Waals surface area (Å²) in [5, 5.41) is 8.76. The molecule has 0 amide bonds. The summed E-state index contributed by atoms with van der Waals surface area (Å²) in [5.41, 5.74) is 3.07. The van der Waals surface area contributed by atoms with Gasteiger partial charge in [-0.1, -0.05) is 0 Å². The standard InChI is InChI=1S/C16H15NOS/c1-11-8-15(9-12(2)16(11)19-3)18-14-6-4-13(10-17)5-7-14/h4-9H,1-3H3. The summed E-state index contributed by atoms with van der Waals surface area (Å²) in [6.07, 6.45) is 2.08. The molecule has 0 unspecified atom stereocenters. The van der Waals surface area contributed by atoms with Crippen molar-refractivity contribution in [2.45, 2.75) is 18.7 Å². The van der Waals surface area contributed by atoms with Crippen LogP contribution in [0.5, 0.6) is 11.5 Å². The predicted octanol–water partition coefficient (Wildman–Crippen LogP) is 4.69. The van der Waals surface area contributed by atoms with Crippen molar-refractivity contribution in [3.8, 4) is 17.6 Å². The van der Waals surface area contributed by atoms with Crippen LogP contribution in [0.15, 0.2) is 41.3 Å². The Morgan fingerprint density at radius 1 is 1.00 bits per heavy atom. The molecule has 0 heterocycles. The van der Waals surface area contributed by atoms with Gasteiger partial charge in [0.25, 0.3) is 0 Å². The van der Waals surface area contributed by atoms with Crippen LogP contribution in [0.25, 0.3) is 0 Å². The topological polar surface area (TPSA) is 33.0 Å². The zero-order valence-corrected chi connectivity index (χ0v) is 12.0. The number of nitrogens with zero attached hydrogens (tertiary/aromatic N) is 1. The number of hydrogen-bond acceptors (Lipinski definition) is 3. The molecule has 0 aliphatic heterocycles. The fourth-order valence-corrected chi connectivity index (χ4v) is 2.79. The predicted molar refractivity (Wildman–Crippen MR) is 78.9 cm³/mol. The van der Waals surface area contributed by atoms with E-state index in [0.717, 1.165) is 11.5 Å². The molecule has 19 heavy (non-hydrogen) atoms. The third-order valence-corrected chi connectivity index (χ3v) is 3.91. The van der Waals surface area contributed by atoms with Crippen LogP contribution >= 0.6 is 11.8 Å². The highest BCUT2D eigenvalue weighted by Gasteiger charge is 2.05. The molecule has 3 heteroatoms. The van der Waals surface area contributed by atoms with Crippen molar-refractivity contribution in [3.63, 3.8) is 0 Å². The van der Waals surface area contributed by atoms with Crippen LogP contribution in [-0.2, 0) is 0 Å². The first-order valence-electron chi connectivity index (χ1n) is 5.97. The van der Waals surface area contributed by atoms with Crippen molar-refractivity contribution >= 4 is 11.8 Å². The summed E-state index contributed by atoms with van der Waals surface area (Å²) in [6.45, 7) is 4.18. The quantitative estimate of drug-likeness (QED) is 0.758. The van der Waals surface area contributed by atoms with Gasteiger partial charge >= 0.3 is 0 Å². The minimum absolute atomic E-state index is 0.637. The summed E-state index contributed by atoms with van der Waals surface area (Å²) in [7, 11) is 0. The van der Waals surface area contributed by atoms with Crippen molar-refractivity contribution in [3.05, 3.63) is 53.1 Å². The first-order valence-corrected chi connectivity index (χ1v) is 7.20. The fourth-order valence-electron chi connectivity index (χ4n) is 2.03. The lowest BCUT2D eigenvalue weighted by Crippen LogP contribution is -1.90. The van der Waals surface area contributed by atoms with Crippen LogP contribution in [-0.4, -0.2) is 6.26 Å². The SMILES string of the molecule is CSc1c(C)cc(Oc2ccc(C#N)cc2)cc1C. The number of benzene rings is 2. The minimum Gasteiger partial charge on any atom is -0.457 e. The molecule has 0 saturated carbocycles. The van der Waals surface area contributed by atoms with E-state index in [1.165, 1.54) is 16.0 Å². The molecule has 0 bridgehead atoms. The third kappa shape index (κ3) is 3.10. The Morgan fingerprint density at radius 2 is 1.58 bits per heavy atom. The number of ether oxygens (including phenoxy) is 1. The van der Waals surface area contributed by atoms with Gasteiger partial charge in [-0.2, -0.15) is 5.26 Å². The Balaban J connectivity index is 2.26. The Bertz CT molecular complexity index is 603. The second kappa shape index (κ2) is 5.81. The van der Waals surface area contributed by atoms with Gasteiger partial charge < -0.3 is 4.74 Å². The monoisotopic (exact) mass is 269 g/mol. The summed E-state index contributed by atoms with van der Waals surface area (Å²) in [4.78, 5) is 1.30. The van der Waals surface area contributed by atoms with Crippen molar-refractivity contribution in [2.75, 3.05) is 6.26 Å². The molecule has 96 valence electrons. The van der Waals surface area contributed by atoms with Gasteiger partial charge in [0.05, 0.1) is 11.6 Å². The van der Waals surface area contributed by atoms with Gasteiger partial charge in [0.1, 0.15) is 11.5 Å². The van der Waals surface area contributed by atoms with Crippen molar-refractivity contribution < 1.29 is 4.74 Å². The second-order valence-electron chi connectivity index (χ2n) is 4.33. The van der Waals surface area contributed by atoms with Gasteiger partial charge in [0, 0.05) is 4.90 Å². The van der Waals surface area contributed by atoms with E-state index < -0.39 is 0 Å². The molecule has 0 fully saturated rings. The fraction of sp³-hybridized carbons (Fsp3) is 0.188. The van der Waals surface area contributed by atoms with E-state index in [1.807, 2.05) is 24.3 Å². The molecule has 0 spiro atoms. The van der Waals surface area contributed by atoms with E-state index in [0.29, 0.717) is 5.56 Å². The van der Waals surface area contributed by atoms with Gasteiger partial charge in [-0.3, -0.25) is 0 Å². The number of nitriles is 1. The van der Waals surface area contributed by atoms with Crippen molar-refractivity contribution in [1.82, 2.24) is 0 Å². The van der Waals surface area contributed by atoms with Crippen LogP contribution in [0.3, 0.4) is 0 Å². The molecular weight excluding hydrogens is 254 g/mol. The molecule has 2 aromatic carbocycles. The van der Waals surface area contributed by atoms with Crippen LogP contribution in [0.4, 0.5) is 0 Å². The van der Waals surface area contributed by atoms with Gasteiger partial charge in [-0.25, -0.2) is 0 Å². The van der Waals surface area contributed by atoms with Gasteiger partial charge in [-0.05, 0) is 67.6 Å². The van der Waals surface area contributed by atoms with Crippen LogP contribution in [0.2, 0.25) is 0 Å². The molecule has 0 atom stereocenters. The summed E-state index contributed by atoms with van der Waals surface area (Å²) < 4.78 is 5.82. The average molecular weight is 269 g/mol. The zero-order valence-electron chi connectivity index (χ0n) is 11.2. The third-order valence-electron chi connectivity index (χ3n) is 2.86. The molecule has 0 aromatic heterocycles. The van der Waals surface area contributed by atoms with Gasteiger partial charge in [0.2, 0.25) is 0 Å². The largest absolute Gasteiger partial charge is 0.457 e. The molecular formula is C16H15NOS. The molecule has 2 rings (SSSR count). The number of aryl methyl sites for hydroxylation is 2. The van der Waals surface area contributed by atoms with Crippen LogP contribution in [0.1, 0.15) is 16.7 Å². The van der Waals surface area contributed by atoms with E-state index in [9.17, 15) is 0 Å². The zero-order chi connectivity index (χ0) is 13.8. The van der Waals surface area contributed by atoms with E-state index >= 15 is 0 Å². The Hall–Kier alpha value is -1.92. The lowest BCUT2D eigenvalue weighted by Gasteiger charge is -2.11. The maximum Gasteiger partial charge on any atom is 0.128 e. The smallest absolute Gasteiger partial charge is 0.128 e. The Morgan fingerprint density at radius 3 is 2.05 bits per heavy atom. The van der Waals surface area contributed by atoms with Crippen LogP contribution < -0.4 is 4.74 Å². The van der Waals surface area contributed by atoms with Crippen molar-refractivity contribution in [1.29, 1.82) is 5.26 Å². The molecule has 0 N–H and O–H groups in total. The molecule has 2 nitrogen and oxygen atoms in total. The minimum atomic E-state index is 0.637. The molecule has 0 saturated heterocycles. The lowest BCUT2D eigenvalue weighted by atomic mass is 10.1. The Kier molecular flexibility index (Phi) is 4.13. The summed E-state index contributed by atoms with van der Waals surface area (Å²) in [5.74, 6) is 1.58.